The van der Waals surface area contributed by atoms with Gasteiger partial charge in [-0.25, -0.2) is 0 Å². The largest absolute Gasteiger partial charge is 0.374 e. The molecule has 2 rings (SSSR count). The van der Waals surface area contributed by atoms with E-state index in [2.05, 4.69) is 13.8 Å². The molecule has 1 aliphatic carbocycles. The lowest BCUT2D eigenvalue weighted by atomic mass is 9.71. The van der Waals surface area contributed by atoms with Crippen LogP contribution in [0.25, 0.3) is 0 Å². The van der Waals surface area contributed by atoms with Crippen molar-refractivity contribution in [3.05, 3.63) is 0 Å². The lowest BCUT2D eigenvalue weighted by molar-refractivity contribution is -0.204. The monoisotopic (exact) mass is 155 g/mol. The van der Waals surface area contributed by atoms with E-state index in [0.717, 1.165) is 5.92 Å². The van der Waals surface area contributed by atoms with E-state index >= 15 is 0 Å². The summed E-state index contributed by atoms with van der Waals surface area (Å²) in [6, 6.07) is 0.396. The van der Waals surface area contributed by atoms with Gasteiger partial charge in [0.2, 0.25) is 0 Å². The molecule has 5 atom stereocenters. The number of hydrogen-bond acceptors (Lipinski definition) is 2. The van der Waals surface area contributed by atoms with E-state index in [9.17, 15) is 0 Å². The molecule has 0 aromatic rings. The molecular formula is C9H17NO. The van der Waals surface area contributed by atoms with Crippen LogP contribution in [0.5, 0.6) is 0 Å². The zero-order chi connectivity index (χ0) is 8.01. The highest BCUT2D eigenvalue weighted by Crippen LogP contribution is 2.40. The van der Waals surface area contributed by atoms with E-state index in [4.69, 9.17) is 10.5 Å². The van der Waals surface area contributed by atoms with Gasteiger partial charge in [-0.1, -0.05) is 6.92 Å². The van der Waals surface area contributed by atoms with Crippen molar-refractivity contribution in [2.45, 2.75) is 44.9 Å². The van der Waals surface area contributed by atoms with Crippen molar-refractivity contribution in [2.24, 2.45) is 17.6 Å². The number of hydrogen-bond donors (Lipinski definition) is 1. The summed E-state index contributed by atoms with van der Waals surface area (Å²) in [7, 11) is 0. The summed E-state index contributed by atoms with van der Waals surface area (Å²) in [5.74, 6) is 1.42. The number of ether oxygens (including phenoxy) is 1. The molecule has 5 unspecified atom stereocenters. The predicted molar refractivity (Wildman–Crippen MR) is 44.2 cm³/mol. The van der Waals surface area contributed by atoms with Gasteiger partial charge in [-0.15, -0.1) is 0 Å². The van der Waals surface area contributed by atoms with Crippen LogP contribution in [0.15, 0.2) is 0 Å². The molecule has 11 heavy (non-hydrogen) atoms. The molecule has 0 aromatic heterocycles. The second-order valence-corrected chi connectivity index (χ2v) is 4.20. The van der Waals surface area contributed by atoms with E-state index in [-0.39, 0.29) is 0 Å². The quantitative estimate of drug-likeness (QED) is 0.569. The van der Waals surface area contributed by atoms with Gasteiger partial charge < -0.3 is 10.5 Å². The summed E-state index contributed by atoms with van der Waals surface area (Å²) in [6.07, 6.45) is 3.32. The van der Waals surface area contributed by atoms with Crippen LogP contribution < -0.4 is 5.73 Å². The van der Waals surface area contributed by atoms with Crippen LogP contribution in [0.4, 0.5) is 0 Å². The average molecular weight is 155 g/mol. The highest BCUT2D eigenvalue weighted by atomic mass is 16.5. The summed E-state index contributed by atoms with van der Waals surface area (Å²) < 4.78 is 5.60. The number of nitrogens with two attached hydrogens (primary N) is 1. The van der Waals surface area contributed by atoms with Crippen LogP contribution in [-0.2, 0) is 4.74 Å². The second-order valence-electron chi connectivity index (χ2n) is 4.20. The molecule has 0 aromatic carbocycles. The van der Waals surface area contributed by atoms with Gasteiger partial charge in [-0.05, 0) is 25.7 Å². The Labute approximate surface area is 68.1 Å². The Kier molecular flexibility index (Phi) is 1.69. The second kappa shape index (κ2) is 2.46. The van der Waals surface area contributed by atoms with Gasteiger partial charge in [0.15, 0.2) is 0 Å². The van der Waals surface area contributed by atoms with Crippen LogP contribution in [0.1, 0.15) is 26.7 Å². The summed E-state index contributed by atoms with van der Waals surface area (Å²) in [5, 5.41) is 0. The van der Waals surface area contributed by atoms with Crippen LogP contribution in [-0.4, -0.2) is 18.2 Å². The number of rotatable bonds is 0. The van der Waals surface area contributed by atoms with E-state index in [1.807, 2.05) is 0 Å². The molecule has 1 saturated carbocycles. The maximum atomic E-state index is 6.02. The summed E-state index contributed by atoms with van der Waals surface area (Å²) in [4.78, 5) is 0. The molecule has 1 heterocycles. The number of fused-ring (bicyclic) bond motifs is 1. The molecule has 2 nitrogen and oxygen atoms in total. The molecule has 64 valence electrons. The van der Waals surface area contributed by atoms with Crippen LogP contribution in [0.3, 0.4) is 0 Å². The van der Waals surface area contributed by atoms with Gasteiger partial charge in [-0.3, -0.25) is 0 Å². The molecule has 2 fully saturated rings. The normalized spacial score (nSPS) is 56.5. The van der Waals surface area contributed by atoms with Crippen molar-refractivity contribution in [3.63, 3.8) is 0 Å². The van der Waals surface area contributed by atoms with Gasteiger partial charge in [0, 0.05) is 12.0 Å². The average Bonchev–Trinajstić information content (AvgIpc) is 1.83. The van der Waals surface area contributed by atoms with E-state index in [1.54, 1.807) is 0 Å². The fourth-order valence-corrected chi connectivity index (χ4v) is 2.62. The van der Waals surface area contributed by atoms with Gasteiger partial charge in [0.05, 0.1) is 12.2 Å². The summed E-state index contributed by atoms with van der Waals surface area (Å²) in [5.41, 5.74) is 6.02. The fourth-order valence-electron chi connectivity index (χ4n) is 2.62. The van der Waals surface area contributed by atoms with Crippen molar-refractivity contribution in [3.8, 4) is 0 Å². The van der Waals surface area contributed by atoms with Crippen molar-refractivity contribution in [1.29, 1.82) is 0 Å². The fraction of sp³-hybridized carbons (Fsp3) is 1.00. The predicted octanol–water partition coefficient (Wildman–Crippen LogP) is 1.15. The Morgan fingerprint density at radius 3 is 2.55 bits per heavy atom. The van der Waals surface area contributed by atoms with Gasteiger partial charge >= 0.3 is 0 Å². The smallest absolute Gasteiger partial charge is 0.0649 e. The molecular weight excluding hydrogens is 138 g/mol. The van der Waals surface area contributed by atoms with Crippen molar-refractivity contribution in [2.75, 3.05) is 0 Å². The maximum Gasteiger partial charge on any atom is 0.0649 e. The lowest BCUT2D eigenvalue weighted by Gasteiger charge is -2.51. The highest BCUT2D eigenvalue weighted by Gasteiger charge is 2.46. The van der Waals surface area contributed by atoms with E-state index < -0.39 is 0 Å². The van der Waals surface area contributed by atoms with E-state index in [1.165, 1.54) is 12.8 Å². The third kappa shape index (κ3) is 1.09. The van der Waals surface area contributed by atoms with Crippen molar-refractivity contribution in [1.82, 2.24) is 0 Å². The standard InChI is InChI=1S/C9H17NO/c1-5-3-7(10)9-6(2)11-8(9)4-5/h5-9H,3-4,10H2,1-2H3. The molecule has 1 saturated heterocycles. The first-order chi connectivity index (χ1) is 5.18. The summed E-state index contributed by atoms with van der Waals surface area (Å²) >= 11 is 0. The van der Waals surface area contributed by atoms with Gasteiger partial charge in [0.25, 0.3) is 0 Å². The van der Waals surface area contributed by atoms with Crippen LogP contribution in [0, 0.1) is 11.8 Å². The van der Waals surface area contributed by atoms with Gasteiger partial charge in [-0.2, -0.15) is 0 Å². The molecule has 2 heteroatoms. The Morgan fingerprint density at radius 1 is 1.27 bits per heavy atom. The first kappa shape index (κ1) is 7.56. The third-order valence-electron chi connectivity index (χ3n) is 3.16. The van der Waals surface area contributed by atoms with Crippen molar-refractivity contribution >= 4 is 0 Å². The van der Waals surface area contributed by atoms with Crippen LogP contribution in [0.2, 0.25) is 0 Å². The third-order valence-corrected chi connectivity index (χ3v) is 3.16. The molecule has 0 spiro atoms. The Balaban J connectivity index is 2.01. The molecule has 0 amide bonds. The SMILES string of the molecule is CC1CC(N)C2C(C)OC2C1. The Hall–Kier alpha value is -0.0800. The first-order valence-electron chi connectivity index (χ1n) is 4.59. The first-order valence-corrected chi connectivity index (χ1v) is 4.59. The Bertz CT molecular complexity index is 152. The topological polar surface area (TPSA) is 35.2 Å². The molecule has 1 aliphatic heterocycles. The van der Waals surface area contributed by atoms with Gasteiger partial charge in [0.1, 0.15) is 0 Å². The lowest BCUT2D eigenvalue weighted by Crippen LogP contribution is -2.59. The van der Waals surface area contributed by atoms with Crippen LogP contribution >= 0.6 is 0 Å². The molecule has 2 N–H and O–H groups in total. The summed E-state index contributed by atoms with van der Waals surface area (Å²) in [6.45, 7) is 4.40. The molecule has 0 bridgehead atoms. The minimum absolute atomic E-state index is 0.396. The molecule has 0 radical (unpaired) electrons. The molecule has 2 aliphatic rings. The minimum Gasteiger partial charge on any atom is -0.374 e. The van der Waals surface area contributed by atoms with Crippen molar-refractivity contribution < 1.29 is 4.74 Å². The Morgan fingerprint density at radius 2 is 2.00 bits per heavy atom. The maximum absolute atomic E-state index is 6.02. The minimum atomic E-state index is 0.396. The zero-order valence-electron chi connectivity index (χ0n) is 7.29. The zero-order valence-corrected chi connectivity index (χ0v) is 7.29. The highest BCUT2D eigenvalue weighted by molar-refractivity contribution is 4.97. The van der Waals surface area contributed by atoms with E-state index in [0.29, 0.717) is 24.2 Å².